The van der Waals surface area contributed by atoms with E-state index in [4.69, 9.17) is 0 Å². The maximum Gasteiger partial charge on any atom is -0.00545 e. The summed E-state index contributed by atoms with van der Waals surface area (Å²) in [6.45, 7) is 2.24. The van der Waals surface area contributed by atoms with Crippen molar-refractivity contribution in [1.29, 1.82) is 0 Å². The van der Waals surface area contributed by atoms with Crippen LogP contribution in [0.1, 0.15) is 38.2 Å². The van der Waals surface area contributed by atoms with E-state index in [1.165, 1.54) is 36.0 Å². The number of rotatable bonds is 4. The molecule has 0 aliphatic heterocycles. The lowest BCUT2D eigenvalue weighted by molar-refractivity contribution is 0.777. The lowest BCUT2D eigenvalue weighted by Crippen LogP contribution is -1.78. The molecule has 0 bridgehead atoms. The Labute approximate surface area is 92.3 Å². The quantitative estimate of drug-likeness (QED) is 0.671. The molecule has 0 heterocycles. The largest absolute Gasteiger partial charge is 0.0654 e. The SMILES string of the molecule is CCCCC1=CC(c2ccccc2)=[C]C1. The van der Waals surface area contributed by atoms with Gasteiger partial charge in [0.2, 0.25) is 0 Å². The number of benzene rings is 1. The molecule has 0 heteroatoms. The molecule has 77 valence electrons. The van der Waals surface area contributed by atoms with E-state index >= 15 is 0 Å². The maximum absolute atomic E-state index is 3.46. The van der Waals surface area contributed by atoms with Crippen LogP contribution < -0.4 is 0 Å². The van der Waals surface area contributed by atoms with Crippen LogP contribution in [0.2, 0.25) is 0 Å². The van der Waals surface area contributed by atoms with Crippen molar-refractivity contribution in [2.24, 2.45) is 0 Å². The summed E-state index contributed by atoms with van der Waals surface area (Å²) in [7, 11) is 0. The van der Waals surface area contributed by atoms with Crippen molar-refractivity contribution in [2.45, 2.75) is 32.6 Å². The molecule has 0 amide bonds. The zero-order valence-electron chi connectivity index (χ0n) is 9.29. The van der Waals surface area contributed by atoms with Gasteiger partial charge in [-0.05, 0) is 36.5 Å². The number of allylic oxidation sites excluding steroid dienone is 4. The zero-order chi connectivity index (χ0) is 10.5. The predicted molar refractivity (Wildman–Crippen MR) is 65.3 cm³/mol. The topological polar surface area (TPSA) is 0 Å². The average Bonchev–Trinajstić information content (AvgIpc) is 2.76. The molecule has 1 aromatic carbocycles. The van der Waals surface area contributed by atoms with Crippen molar-refractivity contribution < 1.29 is 0 Å². The van der Waals surface area contributed by atoms with Crippen molar-refractivity contribution in [3.05, 3.63) is 53.6 Å². The van der Waals surface area contributed by atoms with Crippen LogP contribution >= 0.6 is 0 Å². The van der Waals surface area contributed by atoms with Crippen molar-refractivity contribution in [3.63, 3.8) is 0 Å². The van der Waals surface area contributed by atoms with Gasteiger partial charge in [-0.15, -0.1) is 0 Å². The Bertz CT molecular complexity index is 368. The van der Waals surface area contributed by atoms with Crippen LogP contribution in [0.4, 0.5) is 0 Å². The Morgan fingerprint density at radius 3 is 2.73 bits per heavy atom. The summed E-state index contributed by atoms with van der Waals surface area (Å²) in [4.78, 5) is 0. The van der Waals surface area contributed by atoms with E-state index in [0.717, 1.165) is 6.42 Å². The Morgan fingerprint density at radius 1 is 1.20 bits per heavy atom. The minimum Gasteiger partial charge on any atom is -0.0654 e. The molecule has 0 spiro atoms. The van der Waals surface area contributed by atoms with E-state index in [1.54, 1.807) is 0 Å². The van der Waals surface area contributed by atoms with Gasteiger partial charge in [0, 0.05) is 0 Å². The summed E-state index contributed by atoms with van der Waals surface area (Å²) in [5.41, 5.74) is 4.11. The molecule has 1 aliphatic rings. The molecular formula is C15H17. The van der Waals surface area contributed by atoms with E-state index in [-0.39, 0.29) is 0 Å². The summed E-state index contributed by atoms with van der Waals surface area (Å²) >= 11 is 0. The molecule has 1 radical (unpaired) electrons. The Hall–Kier alpha value is -1.30. The van der Waals surface area contributed by atoms with Crippen molar-refractivity contribution in [1.82, 2.24) is 0 Å². The summed E-state index contributed by atoms with van der Waals surface area (Å²) in [5, 5.41) is 0. The van der Waals surface area contributed by atoms with Gasteiger partial charge in [-0.25, -0.2) is 0 Å². The van der Waals surface area contributed by atoms with Gasteiger partial charge < -0.3 is 0 Å². The lowest BCUT2D eigenvalue weighted by atomic mass is 10.1. The van der Waals surface area contributed by atoms with Crippen LogP contribution in [0, 0.1) is 6.08 Å². The maximum atomic E-state index is 3.46. The number of hydrogen-bond acceptors (Lipinski definition) is 0. The molecule has 0 nitrogen and oxygen atoms in total. The van der Waals surface area contributed by atoms with Gasteiger partial charge in [0.1, 0.15) is 0 Å². The minimum atomic E-state index is 1.03. The molecule has 1 aliphatic carbocycles. The van der Waals surface area contributed by atoms with E-state index in [2.05, 4.69) is 49.4 Å². The number of hydrogen-bond donors (Lipinski definition) is 0. The molecule has 0 fully saturated rings. The Kier molecular flexibility index (Phi) is 3.39. The zero-order valence-corrected chi connectivity index (χ0v) is 9.29. The first-order chi connectivity index (χ1) is 7.40. The standard InChI is InChI=1S/C15H17/c1-2-3-7-13-10-11-15(12-13)14-8-5-4-6-9-14/h4-6,8-9,12H,2-3,7,10H2,1H3. The van der Waals surface area contributed by atoms with Gasteiger partial charge in [0.05, 0.1) is 0 Å². The summed E-state index contributed by atoms with van der Waals surface area (Å²) < 4.78 is 0. The van der Waals surface area contributed by atoms with Gasteiger partial charge in [-0.3, -0.25) is 0 Å². The van der Waals surface area contributed by atoms with E-state index in [1.807, 2.05) is 0 Å². The van der Waals surface area contributed by atoms with Crippen molar-refractivity contribution in [3.8, 4) is 0 Å². The van der Waals surface area contributed by atoms with Crippen LogP contribution in [-0.2, 0) is 0 Å². The normalized spacial score (nSPS) is 15.0. The van der Waals surface area contributed by atoms with Crippen LogP contribution in [0.3, 0.4) is 0 Å². The first kappa shape index (κ1) is 10.2. The van der Waals surface area contributed by atoms with Gasteiger partial charge in [0.25, 0.3) is 0 Å². The lowest BCUT2D eigenvalue weighted by Gasteiger charge is -1.99. The van der Waals surface area contributed by atoms with Gasteiger partial charge >= 0.3 is 0 Å². The second-order valence-corrected chi connectivity index (χ2v) is 4.04. The fourth-order valence-corrected chi connectivity index (χ4v) is 1.88. The van der Waals surface area contributed by atoms with E-state index in [9.17, 15) is 0 Å². The van der Waals surface area contributed by atoms with Gasteiger partial charge in [0.15, 0.2) is 0 Å². The van der Waals surface area contributed by atoms with Crippen LogP contribution in [0.25, 0.3) is 5.57 Å². The molecule has 1 aromatic rings. The second-order valence-electron chi connectivity index (χ2n) is 4.04. The smallest absolute Gasteiger partial charge is 0.00545 e. The van der Waals surface area contributed by atoms with Gasteiger partial charge in [-0.2, -0.15) is 0 Å². The first-order valence-electron chi connectivity index (χ1n) is 5.76. The predicted octanol–water partition coefficient (Wildman–Crippen LogP) is 4.39. The fraction of sp³-hybridized carbons (Fsp3) is 0.333. The molecule has 0 saturated heterocycles. The highest BCUT2D eigenvalue weighted by Gasteiger charge is 2.07. The van der Waals surface area contributed by atoms with E-state index in [0.29, 0.717) is 0 Å². The third-order valence-electron chi connectivity index (χ3n) is 2.79. The first-order valence-corrected chi connectivity index (χ1v) is 5.76. The fourth-order valence-electron chi connectivity index (χ4n) is 1.88. The molecule has 2 rings (SSSR count). The average molecular weight is 197 g/mol. The number of unbranched alkanes of at least 4 members (excludes halogenated alkanes) is 1. The summed E-state index contributed by atoms with van der Waals surface area (Å²) in [6, 6.07) is 10.5. The van der Waals surface area contributed by atoms with Crippen molar-refractivity contribution >= 4 is 5.57 Å². The highest BCUT2D eigenvalue weighted by Crippen LogP contribution is 2.27. The second kappa shape index (κ2) is 4.97. The third-order valence-corrected chi connectivity index (χ3v) is 2.79. The minimum absolute atomic E-state index is 1.03. The van der Waals surface area contributed by atoms with Crippen LogP contribution in [-0.4, -0.2) is 0 Å². The van der Waals surface area contributed by atoms with Crippen LogP contribution in [0.5, 0.6) is 0 Å². The highest BCUT2D eigenvalue weighted by molar-refractivity contribution is 5.75. The molecule has 0 N–H and O–H groups in total. The Balaban J connectivity index is 2.05. The molecule has 0 saturated carbocycles. The summed E-state index contributed by atoms with van der Waals surface area (Å²) in [6.07, 6.45) is 10.6. The molecule has 0 atom stereocenters. The van der Waals surface area contributed by atoms with E-state index < -0.39 is 0 Å². The van der Waals surface area contributed by atoms with Gasteiger partial charge in [-0.1, -0.05) is 55.3 Å². The monoisotopic (exact) mass is 197 g/mol. The molecule has 0 unspecified atom stereocenters. The van der Waals surface area contributed by atoms with Crippen LogP contribution in [0.15, 0.2) is 42.0 Å². The Morgan fingerprint density at radius 2 is 2.00 bits per heavy atom. The summed E-state index contributed by atoms with van der Waals surface area (Å²) in [5.74, 6) is 0. The third kappa shape index (κ3) is 2.59. The molecular weight excluding hydrogens is 180 g/mol. The highest BCUT2D eigenvalue weighted by atomic mass is 14.1. The van der Waals surface area contributed by atoms with Crippen molar-refractivity contribution in [2.75, 3.05) is 0 Å². The molecule has 15 heavy (non-hydrogen) atoms. The molecule has 0 aromatic heterocycles.